The van der Waals surface area contributed by atoms with Gasteiger partial charge in [0.2, 0.25) is 5.78 Å². The van der Waals surface area contributed by atoms with Gasteiger partial charge in [-0.2, -0.15) is 0 Å². The number of allylic oxidation sites excluding steroid dienone is 3. The molecule has 3 aliphatic rings. The van der Waals surface area contributed by atoms with Crippen molar-refractivity contribution in [2.75, 3.05) is 0 Å². The minimum absolute atomic E-state index is 0.0104. The van der Waals surface area contributed by atoms with Crippen molar-refractivity contribution in [2.24, 2.45) is 34.6 Å². The molecule has 0 saturated carbocycles. The third-order valence-corrected chi connectivity index (χ3v) is 9.52. The third kappa shape index (κ3) is 6.97. The summed E-state index contributed by atoms with van der Waals surface area (Å²) in [5.41, 5.74) is -2.06. The number of carbonyl (C=O) groups is 4. The van der Waals surface area contributed by atoms with Gasteiger partial charge < -0.3 is 30.6 Å². The molecule has 0 saturated heterocycles. The maximum Gasteiger partial charge on any atom is 0.273 e. The van der Waals surface area contributed by atoms with Crippen molar-refractivity contribution in [1.82, 2.24) is 0 Å². The maximum absolute atomic E-state index is 13.7. The van der Waals surface area contributed by atoms with Gasteiger partial charge in [0.05, 0.1) is 42.0 Å². The number of fused-ring (bicyclic) bond motifs is 15. The van der Waals surface area contributed by atoms with Crippen LogP contribution >= 0.6 is 0 Å². The zero-order valence-corrected chi connectivity index (χ0v) is 27.5. The van der Waals surface area contributed by atoms with E-state index < -0.39 is 118 Å². The fourth-order valence-corrected chi connectivity index (χ4v) is 6.18. The summed E-state index contributed by atoms with van der Waals surface area (Å²) in [6, 6.07) is 0. The van der Waals surface area contributed by atoms with E-state index in [0.717, 1.165) is 0 Å². The van der Waals surface area contributed by atoms with Crippen molar-refractivity contribution < 1.29 is 49.8 Å². The molecule has 1 aromatic carbocycles. The lowest BCUT2D eigenvalue weighted by atomic mass is 9.77. The van der Waals surface area contributed by atoms with Crippen LogP contribution < -0.4 is 0 Å². The van der Waals surface area contributed by atoms with Crippen LogP contribution in [0.25, 0.3) is 0 Å². The first-order valence-corrected chi connectivity index (χ1v) is 15.4. The topological polar surface area (TPSA) is 202 Å². The number of aromatic hydroxyl groups is 2. The van der Waals surface area contributed by atoms with Gasteiger partial charge in [0, 0.05) is 46.3 Å². The summed E-state index contributed by atoms with van der Waals surface area (Å²) in [5.74, 6) is -8.26. The highest BCUT2D eigenvalue weighted by atomic mass is 16.3. The summed E-state index contributed by atoms with van der Waals surface area (Å²) in [4.78, 5) is 57.4. The second kappa shape index (κ2) is 14.3. The summed E-state index contributed by atoms with van der Waals surface area (Å²) >= 11 is 0. The molecule has 2 heterocycles. The largest absolute Gasteiger partial charge is 0.507 e. The van der Waals surface area contributed by atoms with Crippen molar-refractivity contribution in [3.63, 3.8) is 0 Å². The average Bonchev–Trinajstić information content (AvgIpc) is 3.02. The highest BCUT2D eigenvalue weighted by Gasteiger charge is 2.40. The molecule has 0 spiro atoms. The lowest BCUT2D eigenvalue weighted by Crippen LogP contribution is -2.45. The van der Waals surface area contributed by atoms with E-state index in [-0.39, 0.29) is 16.7 Å². The predicted octanol–water partition coefficient (Wildman–Crippen LogP) is 3.41. The van der Waals surface area contributed by atoms with Crippen LogP contribution in [0.2, 0.25) is 0 Å². The molecule has 2 aliphatic heterocycles. The number of rotatable bonds is 0. The Balaban J connectivity index is 2.23. The second-order valence-electron chi connectivity index (χ2n) is 12.9. The first-order valence-electron chi connectivity index (χ1n) is 15.4. The Morgan fingerprint density at radius 1 is 0.652 bits per heavy atom. The molecule has 250 valence electrons. The summed E-state index contributed by atoms with van der Waals surface area (Å²) in [6.45, 7) is 12.3. The fourth-order valence-electron chi connectivity index (χ4n) is 6.18. The Hall–Kier alpha value is -3.77. The van der Waals surface area contributed by atoms with Gasteiger partial charge in [-0.25, -0.2) is 4.99 Å². The van der Waals surface area contributed by atoms with E-state index in [0.29, 0.717) is 0 Å². The number of Topliss-reactive ketones (excluding diaryl/α,β-unsaturated/α-hetero) is 3. The fraction of sp³-hybridized carbons (Fsp3) is 0.514. The van der Waals surface area contributed by atoms with Crippen molar-refractivity contribution in [2.45, 2.75) is 86.2 Å². The number of hydrogen-bond acceptors (Lipinski definition) is 10. The molecule has 0 fully saturated rings. The van der Waals surface area contributed by atoms with Gasteiger partial charge in [-0.15, -0.1) is 0 Å². The SMILES string of the molecule is C/C1=C/C=C/[C@H](C)[C@H](O)[C@@H](C)[C@@H](O)[C@@H](C)[C@H](O)[C@H](C)[C@@H](O)[C@@H](C)/C=C(\C)C(=O)c2c(O)c(C)c(O)c3c2C(=O)CC(=NC1=O)C3=O. The predicted molar refractivity (Wildman–Crippen MR) is 171 cm³/mol. The van der Waals surface area contributed by atoms with Crippen LogP contribution in [0.4, 0.5) is 0 Å². The highest BCUT2D eigenvalue weighted by molar-refractivity contribution is 6.55. The van der Waals surface area contributed by atoms with Crippen LogP contribution in [-0.4, -0.2) is 84.0 Å². The number of nitrogens with zero attached hydrogens (tertiary/aromatic N) is 1. The first kappa shape index (κ1) is 36.7. The van der Waals surface area contributed by atoms with Crippen molar-refractivity contribution >= 4 is 29.0 Å². The zero-order chi connectivity index (χ0) is 34.9. The van der Waals surface area contributed by atoms with E-state index in [1.54, 1.807) is 40.7 Å². The van der Waals surface area contributed by atoms with Gasteiger partial charge in [-0.05, 0) is 26.3 Å². The van der Waals surface area contributed by atoms with E-state index in [1.165, 1.54) is 39.0 Å². The Bertz CT molecular complexity index is 1550. The van der Waals surface area contributed by atoms with E-state index >= 15 is 0 Å². The molecule has 46 heavy (non-hydrogen) atoms. The molecule has 4 rings (SSSR count). The van der Waals surface area contributed by atoms with Crippen LogP contribution in [0.3, 0.4) is 0 Å². The number of aliphatic imine (C=N–C) groups is 1. The summed E-state index contributed by atoms with van der Waals surface area (Å²) in [7, 11) is 0. The highest BCUT2D eigenvalue weighted by Crippen LogP contribution is 2.41. The van der Waals surface area contributed by atoms with Crippen LogP contribution in [0, 0.1) is 36.5 Å². The molecule has 11 heteroatoms. The number of phenolic OH excluding ortho intramolecular Hbond substituents is 2. The zero-order valence-electron chi connectivity index (χ0n) is 27.5. The van der Waals surface area contributed by atoms with Crippen LogP contribution in [0.1, 0.15) is 91.5 Å². The number of phenols is 2. The van der Waals surface area contributed by atoms with Crippen LogP contribution in [0.5, 0.6) is 11.5 Å². The number of benzene rings is 1. The average molecular weight is 640 g/mol. The molecule has 0 radical (unpaired) electrons. The molecule has 4 bridgehead atoms. The standard InChI is InChI=1S/C35H45NO10/c1-14-10-9-11-15(2)35(46)36-22-13-23(37)24-25(32(43)21(8)33(44)26(24)34(22)45)29(40)17(4)12-16(3)28(39)19(6)31(42)20(7)30(41)18(5)27(14)38/h9-12,14,16,18-20,27-28,30-31,38-39,41-44H,13H2,1-8H3/b10-9+,15-11-,17-12+,36-22?/t14-,16-,18+,19+,20+,27-,28-,30+,31+/m0/s1. The molecule has 9 atom stereocenters. The molecular formula is C35H45NO10. The molecule has 6 N–H and O–H groups in total. The minimum atomic E-state index is -1.20. The van der Waals surface area contributed by atoms with Crippen LogP contribution in [-0.2, 0) is 4.79 Å². The minimum Gasteiger partial charge on any atom is -0.507 e. The molecular weight excluding hydrogens is 594 g/mol. The lowest BCUT2D eigenvalue weighted by Gasteiger charge is -2.36. The van der Waals surface area contributed by atoms with Gasteiger partial charge in [-0.1, -0.05) is 58.9 Å². The Morgan fingerprint density at radius 2 is 1.13 bits per heavy atom. The third-order valence-electron chi connectivity index (χ3n) is 9.52. The smallest absolute Gasteiger partial charge is 0.273 e. The summed E-state index contributed by atoms with van der Waals surface area (Å²) in [5, 5.41) is 66.0. The van der Waals surface area contributed by atoms with Crippen molar-refractivity contribution in [3.05, 3.63) is 57.7 Å². The second-order valence-corrected chi connectivity index (χ2v) is 12.9. The first-order chi connectivity index (χ1) is 21.3. The maximum atomic E-state index is 13.7. The summed E-state index contributed by atoms with van der Waals surface area (Å²) < 4.78 is 0. The molecule has 1 amide bonds. The van der Waals surface area contributed by atoms with E-state index in [1.807, 2.05) is 0 Å². The molecule has 0 aromatic heterocycles. The van der Waals surface area contributed by atoms with Gasteiger partial charge in [0.25, 0.3) is 5.91 Å². The number of hydrogen-bond donors (Lipinski definition) is 6. The van der Waals surface area contributed by atoms with Gasteiger partial charge in [0.1, 0.15) is 17.2 Å². The summed E-state index contributed by atoms with van der Waals surface area (Å²) in [6.07, 6.45) is 0.718. The number of aliphatic hydroxyl groups is 4. The number of ketones is 3. The van der Waals surface area contributed by atoms with Gasteiger partial charge in [-0.3, -0.25) is 19.2 Å². The van der Waals surface area contributed by atoms with Crippen LogP contribution in [0.15, 0.2) is 40.4 Å². The van der Waals surface area contributed by atoms with Crippen molar-refractivity contribution in [1.29, 1.82) is 0 Å². The molecule has 1 aliphatic carbocycles. The lowest BCUT2D eigenvalue weighted by molar-refractivity contribution is -0.114. The molecule has 1 aromatic rings. The van der Waals surface area contributed by atoms with Gasteiger partial charge in [0.15, 0.2) is 11.6 Å². The number of amides is 1. The molecule has 0 unspecified atom stereocenters. The van der Waals surface area contributed by atoms with Crippen molar-refractivity contribution in [3.8, 4) is 11.5 Å². The Kier molecular flexibility index (Phi) is 11.4. The Labute approximate surface area is 268 Å². The quantitative estimate of drug-likeness (QED) is 0.244. The number of aliphatic hydroxyl groups excluding tert-OH is 4. The van der Waals surface area contributed by atoms with E-state index in [4.69, 9.17) is 0 Å². The van der Waals surface area contributed by atoms with E-state index in [2.05, 4.69) is 4.99 Å². The normalized spacial score (nSPS) is 35.2. The van der Waals surface area contributed by atoms with Gasteiger partial charge >= 0.3 is 0 Å². The van der Waals surface area contributed by atoms with E-state index in [9.17, 15) is 49.8 Å². The number of carbonyl (C=O) groups excluding carboxylic acids is 4. The monoisotopic (exact) mass is 639 g/mol. The Morgan fingerprint density at radius 3 is 1.67 bits per heavy atom. The molecule has 11 nitrogen and oxygen atoms in total.